The molecule has 2 aromatic carbocycles. The van der Waals surface area contributed by atoms with E-state index in [4.69, 9.17) is 21.7 Å². The fraction of sp³-hybridized carbons (Fsp3) is 0.286. The van der Waals surface area contributed by atoms with Crippen LogP contribution in [-0.2, 0) is 15.9 Å². The largest absolute Gasteiger partial charge is 0.465 e. The summed E-state index contributed by atoms with van der Waals surface area (Å²) in [6, 6.07) is 12.6. The number of nitrogens with one attached hydrogen (secondary N) is 2. The molecule has 0 saturated carbocycles. The second kappa shape index (κ2) is 10.4. The first-order chi connectivity index (χ1) is 13.5. The van der Waals surface area contributed by atoms with Gasteiger partial charge in [-0.05, 0) is 61.0 Å². The molecular weight excluding hydrogens is 376 g/mol. The van der Waals surface area contributed by atoms with Gasteiger partial charge in [0.25, 0.3) is 0 Å². The molecule has 0 aliphatic carbocycles. The zero-order chi connectivity index (χ0) is 20.5. The van der Waals surface area contributed by atoms with Gasteiger partial charge >= 0.3 is 11.9 Å². The Hall–Kier alpha value is -2.93. The lowest BCUT2D eigenvalue weighted by atomic mass is 10.1. The molecule has 0 saturated heterocycles. The molecule has 0 spiro atoms. The van der Waals surface area contributed by atoms with Gasteiger partial charge in [-0.15, -0.1) is 0 Å². The van der Waals surface area contributed by atoms with Crippen LogP contribution in [0.1, 0.15) is 46.0 Å². The van der Waals surface area contributed by atoms with E-state index in [9.17, 15) is 9.59 Å². The van der Waals surface area contributed by atoms with Crippen LogP contribution in [0.3, 0.4) is 0 Å². The van der Waals surface area contributed by atoms with E-state index in [-0.39, 0.29) is 11.1 Å². The van der Waals surface area contributed by atoms with E-state index >= 15 is 0 Å². The van der Waals surface area contributed by atoms with Crippen molar-refractivity contribution in [3.05, 3.63) is 59.2 Å². The summed E-state index contributed by atoms with van der Waals surface area (Å²) in [6.45, 7) is 2.17. The van der Waals surface area contributed by atoms with Crippen molar-refractivity contribution in [3.63, 3.8) is 0 Å². The maximum atomic E-state index is 11.9. The van der Waals surface area contributed by atoms with Crippen LogP contribution in [0, 0.1) is 0 Å². The summed E-state index contributed by atoms with van der Waals surface area (Å²) in [6.07, 6.45) is 3.37. The fourth-order valence-electron chi connectivity index (χ4n) is 2.60. The number of benzene rings is 2. The predicted octanol–water partition coefficient (Wildman–Crippen LogP) is 4.41. The summed E-state index contributed by atoms with van der Waals surface area (Å²) in [5.74, 6) is -1.12. The van der Waals surface area contributed by atoms with Gasteiger partial charge in [-0.25, -0.2) is 9.59 Å². The average molecular weight is 401 g/mol. The first kappa shape index (κ1) is 21.4. The zero-order valence-electron chi connectivity index (χ0n) is 16.2. The van der Waals surface area contributed by atoms with Crippen molar-refractivity contribution in [1.82, 2.24) is 0 Å². The van der Waals surface area contributed by atoms with E-state index in [0.29, 0.717) is 10.8 Å². The van der Waals surface area contributed by atoms with Gasteiger partial charge in [0.15, 0.2) is 5.11 Å². The van der Waals surface area contributed by atoms with Crippen molar-refractivity contribution in [3.8, 4) is 0 Å². The number of hydrogen-bond acceptors (Lipinski definition) is 5. The highest BCUT2D eigenvalue weighted by Crippen LogP contribution is 2.18. The Labute approximate surface area is 170 Å². The van der Waals surface area contributed by atoms with Crippen molar-refractivity contribution in [2.75, 3.05) is 24.9 Å². The fourth-order valence-corrected chi connectivity index (χ4v) is 2.84. The van der Waals surface area contributed by atoms with Crippen molar-refractivity contribution in [2.45, 2.75) is 26.2 Å². The summed E-state index contributed by atoms with van der Waals surface area (Å²) in [7, 11) is 2.55. The molecule has 0 radical (unpaired) electrons. The Morgan fingerprint density at radius 3 is 1.93 bits per heavy atom. The van der Waals surface area contributed by atoms with Crippen molar-refractivity contribution >= 4 is 40.6 Å². The lowest BCUT2D eigenvalue weighted by molar-refractivity contribution is 0.0599. The van der Waals surface area contributed by atoms with Gasteiger partial charge in [-0.3, -0.25) is 0 Å². The molecular formula is C21H24N2O4S. The van der Waals surface area contributed by atoms with Gasteiger partial charge in [0, 0.05) is 11.4 Å². The van der Waals surface area contributed by atoms with Gasteiger partial charge in [0.05, 0.1) is 25.3 Å². The predicted molar refractivity (Wildman–Crippen MR) is 114 cm³/mol. The maximum Gasteiger partial charge on any atom is 0.337 e. The second-order valence-electron chi connectivity index (χ2n) is 6.16. The number of thiocarbonyl (C=S) groups is 1. The third-order valence-corrected chi connectivity index (χ3v) is 4.27. The smallest absolute Gasteiger partial charge is 0.337 e. The van der Waals surface area contributed by atoms with Crippen LogP contribution < -0.4 is 10.6 Å². The van der Waals surface area contributed by atoms with Crippen LogP contribution in [0.2, 0.25) is 0 Å². The highest BCUT2D eigenvalue weighted by atomic mass is 32.1. The molecule has 0 unspecified atom stereocenters. The Morgan fingerprint density at radius 1 is 0.893 bits per heavy atom. The number of anilines is 2. The van der Waals surface area contributed by atoms with Gasteiger partial charge < -0.3 is 20.1 Å². The van der Waals surface area contributed by atoms with Crippen LogP contribution in [0.5, 0.6) is 0 Å². The number of ether oxygens (including phenoxy) is 2. The normalized spacial score (nSPS) is 10.1. The SMILES string of the molecule is CCCCc1ccc(NC(=S)Nc2cc(C(=O)OC)cc(C(=O)OC)c2)cc1. The van der Waals surface area contributed by atoms with Crippen molar-refractivity contribution in [2.24, 2.45) is 0 Å². The minimum atomic E-state index is -0.560. The topological polar surface area (TPSA) is 76.7 Å². The third-order valence-electron chi connectivity index (χ3n) is 4.06. The first-order valence-corrected chi connectivity index (χ1v) is 9.36. The number of carbonyl (C=O) groups excluding carboxylic acids is 2. The molecule has 0 aliphatic heterocycles. The molecule has 0 bridgehead atoms. The van der Waals surface area contributed by atoms with Gasteiger partial charge in [0.1, 0.15) is 0 Å². The molecule has 6 nitrogen and oxygen atoms in total. The van der Waals surface area contributed by atoms with Crippen LogP contribution >= 0.6 is 12.2 Å². The minimum Gasteiger partial charge on any atom is -0.465 e. The van der Waals surface area contributed by atoms with Crippen LogP contribution in [0.4, 0.5) is 11.4 Å². The number of rotatable bonds is 7. The number of unbranched alkanes of at least 4 members (excludes halogenated alkanes) is 1. The molecule has 0 aromatic heterocycles. The van der Waals surface area contributed by atoms with Crippen molar-refractivity contribution < 1.29 is 19.1 Å². The quantitative estimate of drug-likeness (QED) is 0.526. The van der Waals surface area contributed by atoms with E-state index < -0.39 is 11.9 Å². The number of esters is 2. The van der Waals surface area contributed by atoms with Crippen molar-refractivity contribution in [1.29, 1.82) is 0 Å². The van der Waals surface area contributed by atoms with Gasteiger partial charge in [0.2, 0.25) is 0 Å². The Kier molecular flexibility index (Phi) is 7.95. The minimum absolute atomic E-state index is 0.218. The highest BCUT2D eigenvalue weighted by molar-refractivity contribution is 7.80. The molecule has 7 heteroatoms. The standard InChI is InChI=1S/C21H24N2O4S/c1-4-5-6-14-7-9-17(10-8-14)22-21(28)23-18-12-15(19(24)26-2)11-16(13-18)20(25)27-3/h7-13H,4-6H2,1-3H3,(H2,22,23,28). The molecule has 2 N–H and O–H groups in total. The first-order valence-electron chi connectivity index (χ1n) is 8.95. The molecule has 0 aliphatic rings. The van der Waals surface area contributed by atoms with Crippen LogP contribution in [0.15, 0.2) is 42.5 Å². The molecule has 148 valence electrons. The van der Waals surface area contributed by atoms with Gasteiger partial charge in [-0.1, -0.05) is 25.5 Å². The molecule has 0 atom stereocenters. The Balaban J connectivity index is 2.11. The number of hydrogen-bond donors (Lipinski definition) is 2. The van der Waals surface area contributed by atoms with E-state index in [1.807, 2.05) is 12.1 Å². The number of carbonyl (C=O) groups is 2. The molecule has 2 rings (SSSR count). The molecule has 2 aromatic rings. The number of aryl methyl sites for hydroxylation is 1. The van der Waals surface area contributed by atoms with E-state index in [1.54, 1.807) is 12.1 Å². The van der Waals surface area contributed by atoms with E-state index in [1.165, 1.54) is 25.8 Å². The van der Waals surface area contributed by atoms with Crippen LogP contribution in [0.25, 0.3) is 0 Å². The zero-order valence-corrected chi connectivity index (χ0v) is 17.0. The summed E-state index contributed by atoms with van der Waals surface area (Å²) in [5.41, 5.74) is 3.03. The lowest BCUT2D eigenvalue weighted by Gasteiger charge is -2.13. The Morgan fingerprint density at radius 2 is 1.43 bits per heavy atom. The summed E-state index contributed by atoms with van der Waals surface area (Å²) >= 11 is 5.34. The Bertz CT molecular complexity index is 816. The second-order valence-corrected chi connectivity index (χ2v) is 6.57. The summed E-state index contributed by atoms with van der Waals surface area (Å²) in [5, 5.41) is 6.40. The van der Waals surface area contributed by atoms with E-state index in [0.717, 1.165) is 24.9 Å². The average Bonchev–Trinajstić information content (AvgIpc) is 2.71. The third kappa shape index (κ3) is 6.06. The summed E-state index contributed by atoms with van der Waals surface area (Å²) in [4.78, 5) is 23.7. The summed E-state index contributed by atoms with van der Waals surface area (Å²) < 4.78 is 9.46. The highest BCUT2D eigenvalue weighted by Gasteiger charge is 2.14. The van der Waals surface area contributed by atoms with Crippen LogP contribution in [-0.4, -0.2) is 31.3 Å². The molecule has 0 fully saturated rings. The number of methoxy groups -OCH3 is 2. The molecule has 0 amide bonds. The monoisotopic (exact) mass is 400 g/mol. The molecule has 28 heavy (non-hydrogen) atoms. The van der Waals surface area contributed by atoms with E-state index in [2.05, 4.69) is 29.7 Å². The lowest BCUT2D eigenvalue weighted by Crippen LogP contribution is -2.20. The maximum absolute atomic E-state index is 11.9. The molecule has 0 heterocycles. The van der Waals surface area contributed by atoms with Gasteiger partial charge in [-0.2, -0.15) is 0 Å².